The first-order chi connectivity index (χ1) is 16.4. The molecular weight excluding hydrogens is 458 g/mol. The zero-order valence-electron chi connectivity index (χ0n) is 18.8. The van der Waals surface area contributed by atoms with E-state index in [-0.39, 0.29) is 12.5 Å². The maximum Gasteiger partial charge on any atom is 0.255 e. The van der Waals surface area contributed by atoms with Crippen LogP contribution < -0.4 is 19.5 Å². The molecule has 2 heterocycles. The highest BCUT2D eigenvalue weighted by molar-refractivity contribution is 6.30. The molecule has 0 unspecified atom stereocenters. The molecule has 4 aromatic rings. The van der Waals surface area contributed by atoms with E-state index in [0.29, 0.717) is 45.2 Å². The van der Waals surface area contributed by atoms with E-state index in [2.05, 4.69) is 15.5 Å². The van der Waals surface area contributed by atoms with E-state index in [4.69, 9.17) is 30.3 Å². The van der Waals surface area contributed by atoms with Crippen molar-refractivity contribution in [2.24, 2.45) is 0 Å². The number of ether oxygens (including phenoxy) is 3. The molecule has 0 fully saturated rings. The quantitative estimate of drug-likeness (QED) is 0.332. The fourth-order valence-electron chi connectivity index (χ4n) is 3.13. The predicted molar refractivity (Wildman–Crippen MR) is 127 cm³/mol. The topological polar surface area (TPSA) is 95.7 Å². The Hall–Kier alpha value is -4.04. The van der Waals surface area contributed by atoms with Crippen LogP contribution in [0, 0.1) is 13.8 Å². The fraction of sp³-hybridized carbons (Fsp3) is 0.160. The molecule has 9 heteroatoms. The number of benzene rings is 2. The monoisotopic (exact) mass is 479 g/mol. The van der Waals surface area contributed by atoms with Crippen molar-refractivity contribution in [2.45, 2.75) is 20.5 Å². The van der Waals surface area contributed by atoms with Crippen LogP contribution >= 0.6 is 11.6 Å². The third kappa shape index (κ3) is 5.47. The number of carbonyl (C=O) groups is 1. The van der Waals surface area contributed by atoms with Gasteiger partial charge in [0.15, 0.2) is 11.5 Å². The average Bonchev–Trinajstić information content (AvgIpc) is 3.17. The summed E-state index contributed by atoms with van der Waals surface area (Å²) in [6, 6.07) is 15.3. The van der Waals surface area contributed by atoms with Crippen molar-refractivity contribution in [3.63, 3.8) is 0 Å². The van der Waals surface area contributed by atoms with Crippen molar-refractivity contribution >= 4 is 23.2 Å². The first kappa shape index (κ1) is 23.1. The normalized spacial score (nSPS) is 10.6. The fourth-order valence-corrected chi connectivity index (χ4v) is 3.25. The molecule has 1 N–H and O–H groups in total. The third-order valence-electron chi connectivity index (χ3n) is 5.01. The lowest BCUT2D eigenvalue weighted by atomic mass is 10.1. The van der Waals surface area contributed by atoms with Crippen molar-refractivity contribution in [3.05, 3.63) is 88.4 Å². The summed E-state index contributed by atoms with van der Waals surface area (Å²) < 4.78 is 22.1. The minimum Gasteiger partial charge on any atom is -0.493 e. The molecule has 0 atom stereocenters. The Balaban J connectivity index is 1.40. The summed E-state index contributed by atoms with van der Waals surface area (Å²) in [4.78, 5) is 17.0. The van der Waals surface area contributed by atoms with E-state index >= 15 is 0 Å². The van der Waals surface area contributed by atoms with Gasteiger partial charge in [-0.2, -0.15) is 0 Å². The Kier molecular flexibility index (Phi) is 6.98. The van der Waals surface area contributed by atoms with Gasteiger partial charge in [-0.25, -0.2) is 4.98 Å². The summed E-state index contributed by atoms with van der Waals surface area (Å²) in [6.07, 6.45) is 1.52. The van der Waals surface area contributed by atoms with Gasteiger partial charge in [-0.1, -0.05) is 16.8 Å². The van der Waals surface area contributed by atoms with E-state index in [1.54, 1.807) is 54.6 Å². The Morgan fingerprint density at radius 1 is 1.06 bits per heavy atom. The Labute approximate surface area is 201 Å². The molecule has 0 saturated heterocycles. The number of nitrogens with one attached hydrogen (secondary N) is 1. The summed E-state index contributed by atoms with van der Waals surface area (Å²) >= 11 is 5.88. The number of anilines is 1. The van der Waals surface area contributed by atoms with Crippen LogP contribution in [0.25, 0.3) is 0 Å². The number of halogens is 1. The number of amides is 1. The summed E-state index contributed by atoms with van der Waals surface area (Å²) in [5, 5.41) is 7.35. The van der Waals surface area contributed by atoms with Crippen molar-refractivity contribution in [1.82, 2.24) is 10.1 Å². The highest BCUT2D eigenvalue weighted by atomic mass is 35.5. The van der Waals surface area contributed by atoms with E-state index < -0.39 is 0 Å². The molecule has 0 aliphatic heterocycles. The minimum absolute atomic E-state index is 0.277. The van der Waals surface area contributed by atoms with E-state index in [1.807, 2.05) is 13.8 Å². The molecule has 174 valence electrons. The second-order valence-corrected chi connectivity index (χ2v) is 7.79. The first-order valence-electron chi connectivity index (χ1n) is 10.4. The molecule has 34 heavy (non-hydrogen) atoms. The Morgan fingerprint density at radius 2 is 1.85 bits per heavy atom. The summed E-state index contributed by atoms with van der Waals surface area (Å²) in [6.45, 7) is 3.96. The van der Waals surface area contributed by atoms with Crippen LogP contribution in [-0.4, -0.2) is 23.2 Å². The highest BCUT2D eigenvalue weighted by Gasteiger charge is 2.14. The lowest BCUT2D eigenvalue weighted by Crippen LogP contribution is -2.12. The number of hydrogen-bond acceptors (Lipinski definition) is 7. The van der Waals surface area contributed by atoms with Crippen LogP contribution in [0.5, 0.6) is 23.1 Å². The van der Waals surface area contributed by atoms with Crippen molar-refractivity contribution < 1.29 is 23.5 Å². The van der Waals surface area contributed by atoms with Gasteiger partial charge in [-0.3, -0.25) is 4.79 Å². The van der Waals surface area contributed by atoms with Gasteiger partial charge in [0.05, 0.1) is 30.3 Å². The lowest BCUT2D eigenvalue weighted by molar-refractivity contribution is 0.102. The van der Waals surface area contributed by atoms with E-state index in [9.17, 15) is 4.79 Å². The Bertz CT molecular complexity index is 1270. The zero-order chi connectivity index (χ0) is 24.1. The Morgan fingerprint density at radius 3 is 2.50 bits per heavy atom. The van der Waals surface area contributed by atoms with Gasteiger partial charge in [-0.05, 0) is 62.4 Å². The van der Waals surface area contributed by atoms with Gasteiger partial charge >= 0.3 is 0 Å². The SMILES string of the molecule is COc1cc(C(=O)Nc2ccc(Oc3ccc(Cl)cc3)nc2)ccc1OCc1c(C)noc1C. The number of pyridine rings is 1. The molecule has 8 nitrogen and oxygen atoms in total. The van der Waals surface area contributed by atoms with Gasteiger partial charge in [0.1, 0.15) is 18.1 Å². The van der Waals surface area contributed by atoms with Crippen LogP contribution in [0.4, 0.5) is 5.69 Å². The molecule has 2 aromatic carbocycles. The largest absolute Gasteiger partial charge is 0.493 e. The van der Waals surface area contributed by atoms with Crippen LogP contribution in [0.1, 0.15) is 27.4 Å². The van der Waals surface area contributed by atoms with Crippen LogP contribution in [0.15, 0.2) is 65.3 Å². The molecule has 4 rings (SSSR count). The second kappa shape index (κ2) is 10.3. The van der Waals surface area contributed by atoms with Crippen LogP contribution in [0.2, 0.25) is 5.02 Å². The summed E-state index contributed by atoms with van der Waals surface area (Å²) in [7, 11) is 1.52. The molecule has 0 radical (unpaired) electrons. The maximum atomic E-state index is 12.7. The summed E-state index contributed by atoms with van der Waals surface area (Å²) in [5.74, 6) is 2.32. The number of nitrogens with zero attached hydrogens (tertiary/aromatic N) is 2. The van der Waals surface area contributed by atoms with Crippen molar-refractivity contribution in [3.8, 4) is 23.1 Å². The molecule has 0 bridgehead atoms. The molecule has 0 saturated carbocycles. The number of methoxy groups -OCH3 is 1. The van der Waals surface area contributed by atoms with Gasteiger partial charge in [0.2, 0.25) is 5.88 Å². The standard InChI is InChI=1S/C25H22ClN3O5/c1-15-21(16(2)34-29-15)14-32-22-10-4-17(12-23(22)31-3)25(30)28-19-7-11-24(27-13-19)33-20-8-5-18(26)6-9-20/h4-13H,14H2,1-3H3,(H,28,30). The van der Waals surface area contributed by atoms with Crippen molar-refractivity contribution in [2.75, 3.05) is 12.4 Å². The molecule has 1 amide bonds. The molecule has 0 spiro atoms. The molecule has 2 aromatic heterocycles. The molecule has 0 aliphatic carbocycles. The highest BCUT2D eigenvalue weighted by Crippen LogP contribution is 2.30. The number of rotatable bonds is 8. The second-order valence-electron chi connectivity index (χ2n) is 7.35. The van der Waals surface area contributed by atoms with Gasteiger partial charge in [0, 0.05) is 16.7 Å². The number of aromatic nitrogens is 2. The molecular formula is C25H22ClN3O5. The first-order valence-corrected chi connectivity index (χ1v) is 10.7. The number of hydrogen-bond donors (Lipinski definition) is 1. The van der Waals surface area contributed by atoms with E-state index in [0.717, 1.165) is 11.3 Å². The summed E-state index contributed by atoms with van der Waals surface area (Å²) in [5.41, 5.74) is 2.57. The average molecular weight is 480 g/mol. The van der Waals surface area contributed by atoms with Crippen molar-refractivity contribution in [1.29, 1.82) is 0 Å². The predicted octanol–water partition coefficient (Wildman–Crippen LogP) is 5.97. The maximum absolute atomic E-state index is 12.7. The van der Waals surface area contributed by atoms with E-state index in [1.165, 1.54) is 13.3 Å². The molecule has 0 aliphatic rings. The number of aryl methyl sites for hydroxylation is 2. The third-order valence-corrected chi connectivity index (χ3v) is 5.26. The van der Waals surface area contributed by atoms with Gasteiger partial charge < -0.3 is 24.1 Å². The zero-order valence-corrected chi connectivity index (χ0v) is 19.6. The van der Waals surface area contributed by atoms with Crippen LogP contribution in [-0.2, 0) is 6.61 Å². The van der Waals surface area contributed by atoms with Gasteiger partial charge in [0.25, 0.3) is 5.91 Å². The van der Waals surface area contributed by atoms with Gasteiger partial charge in [-0.15, -0.1) is 0 Å². The lowest BCUT2D eigenvalue weighted by Gasteiger charge is -2.12. The van der Waals surface area contributed by atoms with Crippen LogP contribution in [0.3, 0.4) is 0 Å². The number of carbonyl (C=O) groups excluding carboxylic acids is 1. The minimum atomic E-state index is -0.316. The smallest absolute Gasteiger partial charge is 0.255 e.